The van der Waals surface area contributed by atoms with E-state index in [4.69, 9.17) is 5.26 Å². The number of hydrogen-bond donors (Lipinski definition) is 1. The van der Waals surface area contributed by atoms with Gasteiger partial charge in [0.1, 0.15) is 23.5 Å². The Balaban J connectivity index is 2.24. The first-order valence-electron chi connectivity index (χ1n) is 6.59. The molecule has 2 rings (SSSR count). The van der Waals surface area contributed by atoms with Gasteiger partial charge in [-0.1, -0.05) is 19.4 Å². The third-order valence-corrected chi connectivity index (χ3v) is 3.02. The molecule has 1 aromatic carbocycles. The van der Waals surface area contributed by atoms with Gasteiger partial charge in [0, 0.05) is 11.6 Å². The number of nitrogens with one attached hydrogen (secondary N) is 1. The van der Waals surface area contributed by atoms with Crippen molar-refractivity contribution in [2.45, 2.75) is 25.8 Å². The highest BCUT2D eigenvalue weighted by atomic mass is 19.1. The second-order valence-electron chi connectivity index (χ2n) is 4.57. The van der Waals surface area contributed by atoms with Gasteiger partial charge in [0.05, 0.1) is 6.04 Å². The maximum absolute atomic E-state index is 13.9. The van der Waals surface area contributed by atoms with Crippen LogP contribution in [0.3, 0.4) is 0 Å². The third-order valence-electron chi connectivity index (χ3n) is 3.02. The van der Waals surface area contributed by atoms with Gasteiger partial charge in [0.15, 0.2) is 5.69 Å². The molecule has 6 heteroatoms. The van der Waals surface area contributed by atoms with Crippen molar-refractivity contribution < 1.29 is 8.78 Å². The molecule has 1 heterocycles. The fourth-order valence-corrected chi connectivity index (χ4v) is 2.03. The van der Waals surface area contributed by atoms with E-state index in [9.17, 15) is 8.78 Å². The molecule has 0 bridgehead atoms. The zero-order valence-electron chi connectivity index (χ0n) is 11.5. The number of nitriles is 1. The summed E-state index contributed by atoms with van der Waals surface area (Å²) in [5, 5.41) is 19.3. The first-order valence-corrected chi connectivity index (χ1v) is 6.59. The van der Waals surface area contributed by atoms with E-state index >= 15 is 0 Å². The zero-order chi connectivity index (χ0) is 15.2. The lowest BCUT2D eigenvalue weighted by Gasteiger charge is -2.19. The van der Waals surface area contributed by atoms with E-state index in [1.807, 2.05) is 13.0 Å². The summed E-state index contributed by atoms with van der Waals surface area (Å²) in [6.45, 7) is 1.97. The Morgan fingerprint density at radius 2 is 2.05 bits per heavy atom. The topological polar surface area (TPSA) is 61.6 Å². The summed E-state index contributed by atoms with van der Waals surface area (Å²) in [5.74, 6) is -0.761. The minimum absolute atomic E-state index is 0.209. The fourth-order valence-electron chi connectivity index (χ4n) is 2.03. The van der Waals surface area contributed by atoms with E-state index in [1.54, 1.807) is 6.07 Å². The first kappa shape index (κ1) is 14.9. The molecule has 0 saturated heterocycles. The molecule has 4 nitrogen and oxygen atoms in total. The van der Waals surface area contributed by atoms with Gasteiger partial charge in [0.25, 0.3) is 0 Å². The monoisotopic (exact) mass is 288 g/mol. The molecule has 0 aliphatic heterocycles. The highest BCUT2D eigenvalue weighted by Crippen LogP contribution is 2.25. The lowest BCUT2D eigenvalue weighted by atomic mass is 10.0. The van der Waals surface area contributed by atoms with Crippen LogP contribution in [0, 0.1) is 23.0 Å². The molecule has 108 valence electrons. The quantitative estimate of drug-likeness (QED) is 0.913. The highest BCUT2D eigenvalue weighted by Gasteiger charge is 2.16. The highest BCUT2D eigenvalue weighted by molar-refractivity contribution is 5.39. The third kappa shape index (κ3) is 3.72. The Kier molecular flexibility index (Phi) is 4.77. The lowest BCUT2D eigenvalue weighted by Crippen LogP contribution is -2.14. The van der Waals surface area contributed by atoms with Crippen molar-refractivity contribution in [3.05, 3.63) is 53.2 Å². The molecule has 0 spiro atoms. The molecular weight excluding hydrogens is 274 g/mol. The summed E-state index contributed by atoms with van der Waals surface area (Å²) < 4.78 is 26.9. The largest absolute Gasteiger partial charge is 0.362 e. The van der Waals surface area contributed by atoms with Crippen LogP contribution in [0.2, 0.25) is 0 Å². The lowest BCUT2D eigenvalue weighted by molar-refractivity contribution is 0.551. The molecule has 0 aliphatic rings. The number of benzene rings is 1. The van der Waals surface area contributed by atoms with Gasteiger partial charge in [0.2, 0.25) is 0 Å². The van der Waals surface area contributed by atoms with E-state index in [0.29, 0.717) is 17.8 Å². The second kappa shape index (κ2) is 6.75. The van der Waals surface area contributed by atoms with Crippen molar-refractivity contribution in [2.75, 3.05) is 5.32 Å². The van der Waals surface area contributed by atoms with Crippen molar-refractivity contribution >= 4 is 5.82 Å². The fraction of sp³-hybridized carbons (Fsp3) is 0.267. The molecule has 0 aliphatic carbocycles. The average Bonchev–Trinajstić information content (AvgIpc) is 2.48. The van der Waals surface area contributed by atoms with Gasteiger partial charge in [-0.15, -0.1) is 10.2 Å². The number of hydrogen-bond acceptors (Lipinski definition) is 4. The molecule has 1 aromatic heterocycles. The van der Waals surface area contributed by atoms with Gasteiger partial charge in [-0.05, 0) is 24.6 Å². The van der Waals surface area contributed by atoms with Gasteiger partial charge >= 0.3 is 0 Å². The number of aromatic nitrogens is 2. The van der Waals surface area contributed by atoms with E-state index in [2.05, 4.69) is 15.5 Å². The van der Waals surface area contributed by atoms with Crippen LogP contribution in [0.25, 0.3) is 0 Å². The van der Waals surface area contributed by atoms with Crippen molar-refractivity contribution in [1.82, 2.24) is 10.2 Å². The minimum atomic E-state index is -0.607. The van der Waals surface area contributed by atoms with Gasteiger partial charge < -0.3 is 5.32 Å². The van der Waals surface area contributed by atoms with Gasteiger partial charge in [-0.3, -0.25) is 0 Å². The standard InChI is InChI=1S/C15H14F2N4/c1-2-3-14(12-6-4-10(16)8-13(12)17)19-15-7-5-11(9-18)20-21-15/h4-8,14H,2-3H2,1H3,(H,19,21). The van der Waals surface area contributed by atoms with Crippen molar-refractivity contribution in [3.63, 3.8) is 0 Å². The van der Waals surface area contributed by atoms with E-state index in [-0.39, 0.29) is 11.7 Å². The van der Waals surface area contributed by atoms with Crippen LogP contribution in [0.4, 0.5) is 14.6 Å². The van der Waals surface area contributed by atoms with E-state index < -0.39 is 11.6 Å². The van der Waals surface area contributed by atoms with Gasteiger partial charge in [-0.25, -0.2) is 8.78 Å². The molecule has 2 aromatic rings. The summed E-state index contributed by atoms with van der Waals surface area (Å²) in [4.78, 5) is 0. The molecule has 0 saturated carbocycles. The summed E-state index contributed by atoms with van der Waals surface area (Å²) in [7, 11) is 0. The molecule has 1 N–H and O–H groups in total. The van der Waals surface area contributed by atoms with Crippen molar-refractivity contribution in [3.8, 4) is 6.07 Å². The van der Waals surface area contributed by atoms with E-state index in [0.717, 1.165) is 12.5 Å². The first-order chi connectivity index (χ1) is 10.1. The summed E-state index contributed by atoms with van der Waals surface area (Å²) in [6, 6.07) is 8.20. The molecule has 1 unspecified atom stereocenters. The summed E-state index contributed by atoms with van der Waals surface area (Å²) >= 11 is 0. The average molecular weight is 288 g/mol. The predicted octanol–water partition coefficient (Wildman–Crippen LogP) is 3.58. The molecule has 0 fully saturated rings. The SMILES string of the molecule is CCCC(Nc1ccc(C#N)nn1)c1ccc(F)cc1F. The summed E-state index contributed by atoms with van der Waals surface area (Å²) in [5.41, 5.74) is 0.588. The van der Waals surface area contributed by atoms with Crippen molar-refractivity contribution in [2.24, 2.45) is 0 Å². The Morgan fingerprint density at radius 3 is 2.62 bits per heavy atom. The Morgan fingerprint density at radius 1 is 1.24 bits per heavy atom. The van der Waals surface area contributed by atoms with Crippen molar-refractivity contribution in [1.29, 1.82) is 5.26 Å². The predicted molar refractivity (Wildman–Crippen MR) is 74.4 cm³/mol. The number of rotatable bonds is 5. The number of anilines is 1. The zero-order valence-corrected chi connectivity index (χ0v) is 11.5. The van der Waals surface area contributed by atoms with Crippen LogP contribution in [-0.4, -0.2) is 10.2 Å². The normalized spacial score (nSPS) is 11.7. The Labute approximate surface area is 121 Å². The molecule has 1 atom stereocenters. The molecular formula is C15H14F2N4. The maximum atomic E-state index is 13.9. The van der Waals surface area contributed by atoms with Crippen LogP contribution < -0.4 is 5.32 Å². The molecule has 21 heavy (non-hydrogen) atoms. The van der Waals surface area contributed by atoms with Crippen LogP contribution in [0.5, 0.6) is 0 Å². The molecule has 0 radical (unpaired) electrons. The Hall–Kier alpha value is -2.55. The maximum Gasteiger partial charge on any atom is 0.163 e. The van der Waals surface area contributed by atoms with Crippen LogP contribution in [0.15, 0.2) is 30.3 Å². The number of nitrogens with zero attached hydrogens (tertiary/aromatic N) is 3. The second-order valence-corrected chi connectivity index (χ2v) is 4.57. The minimum Gasteiger partial charge on any atom is -0.362 e. The van der Waals surface area contributed by atoms with Crippen LogP contribution in [0.1, 0.15) is 37.1 Å². The van der Waals surface area contributed by atoms with E-state index in [1.165, 1.54) is 18.2 Å². The Bertz CT molecular complexity index is 650. The van der Waals surface area contributed by atoms with Crippen LogP contribution >= 0.6 is 0 Å². The van der Waals surface area contributed by atoms with Gasteiger partial charge in [-0.2, -0.15) is 5.26 Å². The van der Waals surface area contributed by atoms with Crippen LogP contribution in [-0.2, 0) is 0 Å². The smallest absolute Gasteiger partial charge is 0.163 e. The summed E-state index contributed by atoms with van der Waals surface area (Å²) in [6.07, 6.45) is 1.47. The number of halogens is 2. The molecule has 0 amide bonds.